The fraction of sp³-hybridized carbons (Fsp3) is 0.130. The molecule has 2 aromatic carbocycles. The number of nitrogens with zero attached hydrogens (tertiary/aromatic N) is 2. The number of rotatable bonds is 6. The average Bonchev–Trinajstić information content (AvgIpc) is 2.71. The molecule has 0 atom stereocenters. The molecule has 0 aliphatic heterocycles. The van der Waals surface area contributed by atoms with Crippen molar-refractivity contribution >= 4 is 16.6 Å². The molecule has 5 nitrogen and oxygen atoms in total. The van der Waals surface area contributed by atoms with Gasteiger partial charge in [-0.3, -0.25) is 4.98 Å². The summed E-state index contributed by atoms with van der Waals surface area (Å²) in [5.41, 5.74) is 2.96. The van der Waals surface area contributed by atoms with Crippen molar-refractivity contribution < 1.29 is 9.47 Å². The Morgan fingerprint density at radius 2 is 1.71 bits per heavy atom. The second kappa shape index (κ2) is 7.96. The molecule has 1 N–H and O–H groups in total. The molecule has 5 heteroatoms. The van der Waals surface area contributed by atoms with Crippen molar-refractivity contribution in [3.8, 4) is 23.1 Å². The van der Waals surface area contributed by atoms with Crippen LogP contribution in [0.2, 0.25) is 0 Å². The molecule has 0 radical (unpaired) electrons. The van der Waals surface area contributed by atoms with E-state index in [0.29, 0.717) is 5.88 Å². The maximum absolute atomic E-state index is 6.01. The number of anilines is 1. The number of hydrogen-bond donors (Lipinski definition) is 1. The summed E-state index contributed by atoms with van der Waals surface area (Å²) < 4.78 is 11.8. The molecule has 4 rings (SSSR count). The van der Waals surface area contributed by atoms with Crippen molar-refractivity contribution in [1.29, 1.82) is 0 Å². The largest absolute Gasteiger partial charge is 0.457 e. The fourth-order valence-electron chi connectivity index (χ4n) is 2.93. The Labute approximate surface area is 164 Å². The van der Waals surface area contributed by atoms with Gasteiger partial charge in [-0.05, 0) is 74.0 Å². The van der Waals surface area contributed by atoms with Gasteiger partial charge in [-0.15, -0.1) is 0 Å². The number of hydrogen-bond acceptors (Lipinski definition) is 5. The Kier molecular flexibility index (Phi) is 5.06. The lowest BCUT2D eigenvalue weighted by Gasteiger charge is -2.11. The van der Waals surface area contributed by atoms with Crippen LogP contribution in [0.25, 0.3) is 10.9 Å². The van der Waals surface area contributed by atoms with Crippen LogP contribution in [0.15, 0.2) is 73.1 Å². The molecule has 2 aromatic heterocycles. The van der Waals surface area contributed by atoms with Crippen molar-refractivity contribution in [2.45, 2.75) is 13.8 Å². The van der Waals surface area contributed by atoms with Gasteiger partial charge in [0.05, 0.1) is 5.52 Å². The van der Waals surface area contributed by atoms with Crippen LogP contribution in [0.5, 0.6) is 23.1 Å². The Hall–Kier alpha value is -3.60. The second-order valence-corrected chi connectivity index (χ2v) is 6.40. The molecule has 0 unspecified atom stereocenters. The van der Waals surface area contributed by atoms with E-state index in [1.807, 2.05) is 61.5 Å². The zero-order valence-corrected chi connectivity index (χ0v) is 15.8. The van der Waals surface area contributed by atoms with Gasteiger partial charge in [0.1, 0.15) is 17.2 Å². The fourth-order valence-corrected chi connectivity index (χ4v) is 2.93. The van der Waals surface area contributed by atoms with E-state index in [0.717, 1.165) is 45.9 Å². The van der Waals surface area contributed by atoms with Gasteiger partial charge >= 0.3 is 0 Å². The number of pyridine rings is 2. The van der Waals surface area contributed by atoms with E-state index in [2.05, 4.69) is 28.3 Å². The van der Waals surface area contributed by atoms with Gasteiger partial charge < -0.3 is 14.8 Å². The topological polar surface area (TPSA) is 56.3 Å². The molecule has 0 saturated heterocycles. The Morgan fingerprint density at radius 1 is 0.857 bits per heavy atom. The highest BCUT2D eigenvalue weighted by molar-refractivity contribution is 5.82. The van der Waals surface area contributed by atoms with Crippen LogP contribution in [0.4, 0.5) is 5.69 Å². The molecular formula is C23H21N3O2. The van der Waals surface area contributed by atoms with Gasteiger partial charge in [-0.25, -0.2) is 4.98 Å². The van der Waals surface area contributed by atoms with Gasteiger partial charge in [-0.2, -0.15) is 0 Å². The third-order valence-corrected chi connectivity index (χ3v) is 4.29. The molecule has 140 valence electrons. The summed E-state index contributed by atoms with van der Waals surface area (Å²) in [7, 11) is 0. The number of fused-ring (bicyclic) bond motifs is 1. The Balaban J connectivity index is 1.52. The molecule has 0 saturated carbocycles. The monoisotopic (exact) mass is 371 g/mol. The van der Waals surface area contributed by atoms with Gasteiger partial charge in [0, 0.05) is 36.1 Å². The SMILES string of the molecule is CCNc1ccc2nc(Oc3ccc(Oc4ccncc4)cc3C)ccc2c1. The zero-order valence-electron chi connectivity index (χ0n) is 15.8. The third-order valence-electron chi connectivity index (χ3n) is 4.29. The molecule has 0 aliphatic rings. The van der Waals surface area contributed by atoms with Gasteiger partial charge in [0.2, 0.25) is 5.88 Å². The number of nitrogens with one attached hydrogen (secondary N) is 1. The van der Waals surface area contributed by atoms with Gasteiger partial charge in [0.15, 0.2) is 0 Å². The maximum atomic E-state index is 6.01. The molecule has 0 bridgehead atoms. The van der Waals surface area contributed by atoms with Crippen molar-refractivity contribution in [3.63, 3.8) is 0 Å². The highest BCUT2D eigenvalue weighted by atomic mass is 16.5. The van der Waals surface area contributed by atoms with Crippen LogP contribution < -0.4 is 14.8 Å². The summed E-state index contributed by atoms with van der Waals surface area (Å²) in [6, 6.07) is 19.4. The minimum atomic E-state index is 0.564. The molecular weight excluding hydrogens is 350 g/mol. The van der Waals surface area contributed by atoms with Crippen LogP contribution in [-0.2, 0) is 0 Å². The first-order chi connectivity index (χ1) is 13.7. The molecule has 0 fully saturated rings. The Morgan fingerprint density at radius 3 is 2.50 bits per heavy atom. The number of aromatic nitrogens is 2. The van der Waals surface area contributed by atoms with Crippen LogP contribution in [0.3, 0.4) is 0 Å². The van der Waals surface area contributed by atoms with Crippen LogP contribution >= 0.6 is 0 Å². The number of aryl methyl sites for hydroxylation is 1. The van der Waals surface area contributed by atoms with Crippen LogP contribution in [-0.4, -0.2) is 16.5 Å². The smallest absolute Gasteiger partial charge is 0.219 e. The maximum Gasteiger partial charge on any atom is 0.219 e. The quantitative estimate of drug-likeness (QED) is 0.453. The van der Waals surface area contributed by atoms with E-state index in [-0.39, 0.29) is 0 Å². The van der Waals surface area contributed by atoms with Crippen molar-refractivity contribution in [3.05, 3.63) is 78.6 Å². The number of benzene rings is 2. The predicted octanol–water partition coefficient (Wildman–Crippen LogP) is 5.95. The first-order valence-electron chi connectivity index (χ1n) is 9.22. The average molecular weight is 371 g/mol. The second-order valence-electron chi connectivity index (χ2n) is 6.40. The normalized spacial score (nSPS) is 10.6. The number of ether oxygens (including phenoxy) is 2. The molecule has 0 spiro atoms. The van der Waals surface area contributed by atoms with E-state index < -0.39 is 0 Å². The summed E-state index contributed by atoms with van der Waals surface area (Å²) in [4.78, 5) is 8.61. The van der Waals surface area contributed by atoms with E-state index >= 15 is 0 Å². The van der Waals surface area contributed by atoms with Crippen molar-refractivity contribution in [2.24, 2.45) is 0 Å². The minimum Gasteiger partial charge on any atom is -0.457 e. The summed E-state index contributed by atoms with van der Waals surface area (Å²) >= 11 is 0. The van der Waals surface area contributed by atoms with E-state index in [1.165, 1.54) is 0 Å². The van der Waals surface area contributed by atoms with Gasteiger partial charge in [-0.1, -0.05) is 0 Å². The standard InChI is InChI=1S/C23H21N3O2/c1-3-25-18-5-7-21-17(15-18)4-9-23(26-21)28-22-8-6-20(14-16(22)2)27-19-10-12-24-13-11-19/h4-15,25H,3H2,1-2H3. The summed E-state index contributed by atoms with van der Waals surface area (Å²) in [6.45, 7) is 4.95. The molecule has 0 aliphatic carbocycles. The molecule has 0 amide bonds. The minimum absolute atomic E-state index is 0.564. The van der Waals surface area contributed by atoms with Crippen LogP contribution in [0.1, 0.15) is 12.5 Å². The van der Waals surface area contributed by atoms with Crippen molar-refractivity contribution in [1.82, 2.24) is 9.97 Å². The molecule has 4 aromatic rings. The Bertz CT molecular complexity index is 1100. The lowest BCUT2D eigenvalue weighted by atomic mass is 10.2. The molecule has 2 heterocycles. The summed E-state index contributed by atoms with van der Waals surface area (Å²) in [5, 5.41) is 4.38. The highest BCUT2D eigenvalue weighted by Crippen LogP contribution is 2.30. The highest BCUT2D eigenvalue weighted by Gasteiger charge is 2.07. The summed E-state index contributed by atoms with van der Waals surface area (Å²) in [5.74, 6) is 2.81. The first kappa shape index (κ1) is 17.8. The van der Waals surface area contributed by atoms with E-state index in [4.69, 9.17) is 9.47 Å². The lowest BCUT2D eigenvalue weighted by Crippen LogP contribution is -1.96. The van der Waals surface area contributed by atoms with E-state index in [9.17, 15) is 0 Å². The van der Waals surface area contributed by atoms with Crippen LogP contribution in [0, 0.1) is 6.92 Å². The van der Waals surface area contributed by atoms with Gasteiger partial charge in [0.25, 0.3) is 0 Å². The molecule has 28 heavy (non-hydrogen) atoms. The predicted molar refractivity (Wildman–Crippen MR) is 111 cm³/mol. The lowest BCUT2D eigenvalue weighted by molar-refractivity contribution is 0.454. The zero-order chi connectivity index (χ0) is 19.3. The van der Waals surface area contributed by atoms with Crippen molar-refractivity contribution in [2.75, 3.05) is 11.9 Å². The van der Waals surface area contributed by atoms with E-state index in [1.54, 1.807) is 12.4 Å². The first-order valence-corrected chi connectivity index (χ1v) is 9.22. The third kappa shape index (κ3) is 4.04. The summed E-state index contributed by atoms with van der Waals surface area (Å²) in [6.07, 6.45) is 3.40.